The standard InChI is InChI=1S/C12H8S3.C12H26/c1-4-13-7-9(1)11-3-6-15-12(11)10-2-5-14-8-10;1-3-5-7-9-11-12-10-8-6-4-2/h1-8H;3-12H2,1-2H3. The summed E-state index contributed by atoms with van der Waals surface area (Å²) in [5, 5.41) is 10.8. The highest BCUT2D eigenvalue weighted by atomic mass is 32.1. The lowest BCUT2D eigenvalue weighted by atomic mass is 10.1. The van der Waals surface area contributed by atoms with Crippen LogP contribution in [0.5, 0.6) is 0 Å². The third-order valence-electron chi connectivity index (χ3n) is 4.74. The first-order valence-corrected chi connectivity index (χ1v) is 13.3. The van der Waals surface area contributed by atoms with Crippen molar-refractivity contribution < 1.29 is 0 Å². The normalized spacial score (nSPS) is 10.6. The molecule has 0 aliphatic heterocycles. The molecule has 0 aliphatic rings. The maximum absolute atomic E-state index is 2.28. The summed E-state index contributed by atoms with van der Waals surface area (Å²) in [4.78, 5) is 1.38. The molecule has 0 bridgehead atoms. The molecule has 0 unspecified atom stereocenters. The molecule has 0 N–H and O–H groups in total. The molecule has 27 heavy (non-hydrogen) atoms. The van der Waals surface area contributed by atoms with E-state index in [0.29, 0.717) is 0 Å². The van der Waals surface area contributed by atoms with E-state index in [4.69, 9.17) is 0 Å². The van der Waals surface area contributed by atoms with E-state index in [-0.39, 0.29) is 0 Å². The average molecular weight is 419 g/mol. The Kier molecular flexibility index (Phi) is 11.7. The molecule has 0 fully saturated rings. The molecule has 0 saturated heterocycles. The number of thiophene rings is 3. The molecule has 0 spiro atoms. The number of unbranched alkanes of at least 4 members (excludes halogenated alkanes) is 9. The first-order chi connectivity index (χ1) is 13.4. The summed E-state index contributed by atoms with van der Waals surface area (Å²) in [5.74, 6) is 0. The Morgan fingerprint density at radius 1 is 0.593 bits per heavy atom. The van der Waals surface area contributed by atoms with Gasteiger partial charge in [0.05, 0.1) is 0 Å². The molecule has 3 heteroatoms. The van der Waals surface area contributed by atoms with E-state index in [9.17, 15) is 0 Å². The fourth-order valence-corrected chi connectivity index (χ4v) is 5.43. The minimum absolute atomic E-state index is 1.34. The SMILES string of the molecule is CCCCCCCCCCCC.c1cc(-c2ccsc2-c2ccsc2)cs1. The molecular formula is C24H34S3. The van der Waals surface area contributed by atoms with Gasteiger partial charge in [0.25, 0.3) is 0 Å². The number of hydrogen-bond donors (Lipinski definition) is 0. The number of hydrogen-bond acceptors (Lipinski definition) is 3. The van der Waals surface area contributed by atoms with Crippen LogP contribution in [-0.4, -0.2) is 0 Å². The van der Waals surface area contributed by atoms with Crippen molar-refractivity contribution in [2.24, 2.45) is 0 Å². The highest BCUT2D eigenvalue weighted by Gasteiger charge is 2.09. The Morgan fingerprint density at radius 3 is 1.59 bits per heavy atom. The zero-order chi connectivity index (χ0) is 19.2. The zero-order valence-corrected chi connectivity index (χ0v) is 19.4. The van der Waals surface area contributed by atoms with Gasteiger partial charge in [0, 0.05) is 16.0 Å². The third-order valence-corrected chi connectivity index (χ3v) is 7.07. The predicted octanol–water partition coefficient (Wildman–Crippen LogP) is 10.1. The van der Waals surface area contributed by atoms with Crippen LogP contribution >= 0.6 is 34.0 Å². The third kappa shape index (κ3) is 8.33. The summed E-state index contributed by atoms with van der Waals surface area (Å²) < 4.78 is 0. The van der Waals surface area contributed by atoms with Crippen LogP contribution in [0.15, 0.2) is 45.1 Å². The van der Waals surface area contributed by atoms with E-state index >= 15 is 0 Å². The molecule has 148 valence electrons. The van der Waals surface area contributed by atoms with Crippen molar-refractivity contribution in [2.45, 2.75) is 78.1 Å². The van der Waals surface area contributed by atoms with Gasteiger partial charge in [-0.05, 0) is 50.7 Å². The zero-order valence-electron chi connectivity index (χ0n) is 16.9. The van der Waals surface area contributed by atoms with Gasteiger partial charge in [0.2, 0.25) is 0 Å². The minimum atomic E-state index is 1.34. The molecule has 0 amide bonds. The van der Waals surface area contributed by atoms with E-state index in [2.05, 4.69) is 58.9 Å². The largest absolute Gasteiger partial charge is 0.152 e. The van der Waals surface area contributed by atoms with Crippen molar-refractivity contribution >= 4 is 34.0 Å². The van der Waals surface area contributed by atoms with Gasteiger partial charge in [-0.3, -0.25) is 0 Å². The van der Waals surface area contributed by atoms with Crippen molar-refractivity contribution in [3.8, 4) is 21.6 Å². The Hall–Kier alpha value is -0.900. The molecule has 0 atom stereocenters. The van der Waals surface area contributed by atoms with Crippen LogP contribution in [0.2, 0.25) is 0 Å². The molecule has 0 radical (unpaired) electrons. The van der Waals surface area contributed by atoms with Gasteiger partial charge < -0.3 is 0 Å². The topological polar surface area (TPSA) is 0 Å². The van der Waals surface area contributed by atoms with Crippen LogP contribution < -0.4 is 0 Å². The lowest BCUT2D eigenvalue weighted by molar-refractivity contribution is 0.562. The minimum Gasteiger partial charge on any atom is -0.152 e. The second-order valence-electron chi connectivity index (χ2n) is 7.02. The van der Waals surface area contributed by atoms with Gasteiger partial charge in [-0.2, -0.15) is 22.7 Å². The highest BCUT2D eigenvalue weighted by Crippen LogP contribution is 2.38. The molecule has 0 aliphatic carbocycles. The van der Waals surface area contributed by atoms with Gasteiger partial charge >= 0.3 is 0 Å². The van der Waals surface area contributed by atoms with E-state index in [0.717, 1.165) is 0 Å². The molecule has 3 rings (SSSR count). The number of rotatable bonds is 11. The van der Waals surface area contributed by atoms with Crippen LogP contribution in [0.4, 0.5) is 0 Å². The molecule has 3 aromatic heterocycles. The summed E-state index contributed by atoms with van der Waals surface area (Å²) in [5.41, 5.74) is 4.04. The Bertz CT molecular complexity index is 618. The van der Waals surface area contributed by atoms with Crippen molar-refractivity contribution in [2.75, 3.05) is 0 Å². The fourth-order valence-electron chi connectivity index (χ4n) is 3.13. The molecule has 0 saturated carbocycles. The lowest BCUT2D eigenvalue weighted by Gasteiger charge is -1.99. The maximum Gasteiger partial charge on any atom is 0.0429 e. The summed E-state index contributed by atoms with van der Waals surface area (Å²) in [6, 6.07) is 6.58. The van der Waals surface area contributed by atoms with Gasteiger partial charge in [0.15, 0.2) is 0 Å². The second kappa shape index (κ2) is 14.1. The Balaban J connectivity index is 0.000000201. The molecule has 3 heterocycles. The van der Waals surface area contributed by atoms with Crippen molar-refractivity contribution in [1.29, 1.82) is 0 Å². The van der Waals surface area contributed by atoms with Crippen molar-refractivity contribution in [3.63, 3.8) is 0 Å². The average Bonchev–Trinajstić information content (AvgIpc) is 3.44. The van der Waals surface area contributed by atoms with E-state index in [1.54, 1.807) is 22.7 Å². The van der Waals surface area contributed by atoms with Gasteiger partial charge in [0.1, 0.15) is 0 Å². The Labute approximate surface area is 178 Å². The van der Waals surface area contributed by atoms with Crippen LogP contribution in [-0.2, 0) is 0 Å². The quantitative estimate of drug-likeness (QED) is 0.272. The molecule has 0 nitrogen and oxygen atoms in total. The van der Waals surface area contributed by atoms with Crippen LogP contribution in [0, 0.1) is 0 Å². The second-order valence-corrected chi connectivity index (χ2v) is 9.49. The smallest absolute Gasteiger partial charge is 0.0429 e. The Morgan fingerprint density at radius 2 is 1.11 bits per heavy atom. The van der Waals surface area contributed by atoms with Crippen molar-refractivity contribution in [1.82, 2.24) is 0 Å². The first kappa shape index (κ1) is 22.4. The van der Waals surface area contributed by atoms with E-state index in [1.165, 1.54) is 85.8 Å². The lowest BCUT2D eigenvalue weighted by Crippen LogP contribution is -1.80. The monoisotopic (exact) mass is 418 g/mol. The predicted molar refractivity (Wildman–Crippen MR) is 128 cm³/mol. The summed E-state index contributed by atoms with van der Waals surface area (Å²) in [7, 11) is 0. The first-order valence-electron chi connectivity index (χ1n) is 10.5. The molecular weight excluding hydrogens is 384 g/mol. The summed E-state index contributed by atoms with van der Waals surface area (Å²) in [6.45, 7) is 4.56. The van der Waals surface area contributed by atoms with Gasteiger partial charge in [-0.15, -0.1) is 11.3 Å². The van der Waals surface area contributed by atoms with Crippen LogP contribution in [0.25, 0.3) is 21.6 Å². The summed E-state index contributed by atoms with van der Waals surface area (Å²) in [6.07, 6.45) is 14.4. The van der Waals surface area contributed by atoms with Crippen molar-refractivity contribution in [3.05, 3.63) is 45.1 Å². The fraction of sp³-hybridized carbons (Fsp3) is 0.500. The van der Waals surface area contributed by atoms with Crippen LogP contribution in [0.3, 0.4) is 0 Å². The van der Waals surface area contributed by atoms with Crippen LogP contribution in [0.1, 0.15) is 78.1 Å². The van der Waals surface area contributed by atoms with Gasteiger partial charge in [-0.25, -0.2) is 0 Å². The summed E-state index contributed by atoms with van der Waals surface area (Å²) >= 11 is 5.32. The van der Waals surface area contributed by atoms with E-state index in [1.807, 2.05) is 11.3 Å². The van der Waals surface area contributed by atoms with Gasteiger partial charge in [-0.1, -0.05) is 78.1 Å². The molecule has 0 aromatic carbocycles. The maximum atomic E-state index is 2.28. The van der Waals surface area contributed by atoms with E-state index < -0.39 is 0 Å². The highest BCUT2D eigenvalue weighted by molar-refractivity contribution is 7.15. The molecule has 3 aromatic rings.